The molecule has 0 spiro atoms. The number of nitrogens with zero attached hydrogens (tertiary/aromatic N) is 4. The normalized spacial score (nSPS) is 11.1. The first-order chi connectivity index (χ1) is 12.8. The molecular formula is C21H22N4O. The minimum absolute atomic E-state index is 0.436. The zero-order valence-corrected chi connectivity index (χ0v) is 14.9. The molecule has 4 aromatic rings. The standard InChI is InChI=1S/C21H22N4O/c1-17-6-4-8-20(14-17)26-16-19-15-25(23-22-19)12-5-11-24-13-10-18-7-2-3-9-21(18)24/h2-4,6-10,13-15H,5,11-12,16H2,1H3. The van der Waals surface area contributed by atoms with Crippen molar-refractivity contribution in [3.8, 4) is 5.75 Å². The fraction of sp³-hybridized carbons (Fsp3) is 0.238. The smallest absolute Gasteiger partial charge is 0.134 e. The number of fused-ring (bicyclic) bond motifs is 1. The highest BCUT2D eigenvalue weighted by Gasteiger charge is 2.04. The maximum atomic E-state index is 5.78. The summed E-state index contributed by atoms with van der Waals surface area (Å²) in [6.07, 6.45) is 5.11. The average molecular weight is 346 g/mol. The van der Waals surface area contributed by atoms with Gasteiger partial charge in [0.25, 0.3) is 0 Å². The van der Waals surface area contributed by atoms with Crippen molar-refractivity contribution >= 4 is 10.9 Å². The second kappa shape index (κ2) is 7.44. The van der Waals surface area contributed by atoms with Gasteiger partial charge in [-0.05, 0) is 48.6 Å². The van der Waals surface area contributed by atoms with E-state index in [0.717, 1.165) is 31.0 Å². The van der Waals surface area contributed by atoms with Crippen LogP contribution in [0.1, 0.15) is 17.7 Å². The maximum Gasteiger partial charge on any atom is 0.134 e. The van der Waals surface area contributed by atoms with E-state index < -0.39 is 0 Å². The van der Waals surface area contributed by atoms with Crippen LogP contribution in [0.3, 0.4) is 0 Å². The molecule has 0 fully saturated rings. The molecule has 0 aliphatic carbocycles. The fourth-order valence-electron chi connectivity index (χ4n) is 3.11. The molecule has 2 aromatic carbocycles. The zero-order chi connectivity index (χ0) is 17.8. The van der Waals surface area contributed by atoms with E-state index in [4.69, 9.17) is 4.74 Å². The van der Waals surface area contributed by atoms with E-state index in [0.29, 0.717) is 6.61 Å². The van der Waals surface area contributed by atoms with Crippen LogP contribution in [0.5, 0.6) is 5.75 Å². The monoisotopic (exact) mass is 346 g/mol. The van der Waals surface area contributed by atoms with Crippen molar-refractivity contribution in [2.75, 3.05) is 0 Å². The topological polar surface area (TPSA) is 44.9 Å². The summed E-state index contributed by atoms with van der Waals surface area (Å²) in [6.45, 7) is 4.29. The van der Waals surface area contributed by atoms with Crippen molar-refractivity contribution in [1.82, 2.24) is 19.6 Å². The molecule has 0 unspecified atom stereocenters. The Labute approximate surface area is 152 Å². The first-order valence-corrected chi connectivity index (χ1v) is 8.90. The molecule has 2 heterocycles. The first kappa shape index (κ1) is 16.4. The Morgan fingerprint density at radius 2 is 1.92 bits per heavy atom. The van der Waals surface area contributed by atoms with Gasteiger partial charge in [-0.15, -0.1) is 5.10 Å². The number of aryl methyl sites for hydroxylation is 3. The molecular weight excluding hydrogens is 324 g/mol. The van der Waals surface area contributed by atoms with Crippen LogP contribution in [0.4, 0.5) is 0 Å². The molecule has 132 valence electrons. The molecule has 0 aliphatic heterocycles. The van der Waals surface area contributed by atoms with E-state index in [9.17, 15) is 0 Å². The van der Waals surface area contributed by atoms with Gasteiger partial charge in [0.1, 0.15) is 18.1 Å². The van der Waals surface area contributed by atoms with Gasteiger partial charge in [0.2, 0.25) is 0 Å². The molecule has 0 saturated carbocycles. The third-order valence-electron chi connectivity index (χ3n) is 4.43. The van der Waals surface area contributed by atoms with E-state index >= 15 is 0 Å². The van der Waals surface area contributed by atoms with Crippen LogP contribution in [-0.2, 0) is 19.7 Å². The van der Waals surface area contributed by atoms with Gasteiger partial charge in [0.15, 0.2) is 0 Å². The van der Waals surface area contributed by atoms with Crippen molar-refractivity contribution in [2.45, 2.75) is 33.0 Å². The van der Waals surface area contributed by atoms with E-state index in [1.807, 2.05) is 29.1 Å². The number of rotatable bonds is 7. The minimum Gasteiger partial charge on any atom is -0.487 e. The van der Waals surface area contributed by atoms with Crippen LogP contribution in [0.15, 0.2) is 67.0 Å². The van der Waals surface area contributed by atoms with Crippen LogP contribution in [0.2, 0.25) is 0 Å². The molecule has 2 aromatic heterocycles. The third-order valence-corrected chi connectivity index (χ3v) is 4.43. The number of hydrogen-bond acceptors (Lipinski definition) is 3. The quantitative estimate of drug-likeness (QED) is 0.503. The van der Waals surface area contributed by atoms with E-state index in [1.165, 1.54) is 16.5 Å². The molecule has 4 rings (SSSR count). The molecule has 0 radical (unpaired) electrons. The van der Waals surface area contributed by atoms with Crippen LogP contribution in [0.25, 0.3) is 10.9 Å². The van der Waals surface area contributed by atoms with E-state index in [1.54, 1.807) is 0 Å². The summed E-state index contributed by atoms with van der Waals surface area (Å²) in [5, 5.41) is 9.69. The average Bonchev–Trinajstić information content (AvgIpc) is 3.28. The van der Waals surface area contributed by atoms with Crippen molar-refractivity contribution in [2.24, 2.45) is 0 Å². The lowest BCUT2D eigenvalue weighted by atomic mass is 10.2. The predicted molar refractivity (Wildman–Crippen MR) is 102 cm³/mol. The van der Waals surface area contributed by atoms with Gasteiger partial charge >= 0.3 is 0 Å². The lowest BCUT2D eigenvalue weighted by molar-refractivity contribution is 0.301. The number of para-hydroxylation sites is 1. The number of ether oxygens (including phenoxy) is 1. The van der Waals surface area contributed by atoms with Crippen LogP contribution in [-0.4, -0.2) is 19.6 Å². The lowest BCUT2D eigenvalue weighted by Gasteiger charge is -2.05. The summed E-state index contributed by atoms with van der Waals surface area (Å²) in [5.41, 5.74) is 3.31. The van der Waals surface area contributed by atoms with Gasteiger partial charge in [0, 0.05) is 24.8 Å². The first-order valence-electron chi connectivity index (χ1n) is 8.90. The van der Waals surface area contributed by atoms with Gasteiger partial charge in [-0.3, -0.25) is 4.68 Å². The van der Waals surface area contributed by atoms with Crippen LogP contribution in [0, 0.1) is 6.92 Å². The Morgan fingerprint density at radius 3 is 2.85 bits per heavy atom. The van der Waals surface area contributed by atoms with Gasteiger partial charge < -0.3 is 9.30 Å². The molecule has 5 nitrogen and oxygen atoms in total. The Balaban J connectivity index is 1.29. The van der Waals surface area contributed by atoms with Crippen molar-refractivity contribution in [3.05, 3.63) is 78.2 Å². The molecule has 0 N–H and O–H groups in total. The molecule has 0 atom stereocenters. The van der Waals surface area contributed by atoms with E-state index in [2.05, 4.69) is 64.4 Å². The lowest BCUT2D eigenvalue weighted by Crippen LogP contribution is -2.04. The summed E-state index contributed by atoms with van der Waals surface area (Å²) in [7, 11) is 0. The highest BCUT2D eigenvalue weighted by atomic mass is 16.5. The largest absolute Gasteiger partial charge is 0.487 e. The summed E-state index contributed by atoms with van der Waals surface area (Å²) in [4.78, 5) is 0. The molecule has 26 heavy (non-hydrogen) atoms. The van der Waals surface area contributed by atoms with Crippen LogP contribution >= 0.6 is 0 Å². The zero-order valence-electron chi connectivity index (χ0n) is 14.9. The summed E-state index contributed by atoms with van der Waals surface area (Å²) < 4.78 is 9.95. The number of hydrogen-bond donors (Lipinski definition) is 0. The highest BCUT2D eigenvalue weighted by Crippen LogP contribution is 2.16. The van der Waals surface area contributed by atoms with Gasteiger partial charge in [-0.25, -0.2) is 0 Å². The van der Waals surface area contributed by atoms with Crippen molar-refractivity contribution in [1.29, 1.82) is 0 Å². The number of benzene rings is 2. The fourth-order valence-corrected chi connectivity index (χ4v) is 3.11. The summed E-state index contributed by atoms with van der Waals surface area (Å²) >= 11 is 0. The second-order valence-corrected chi connectivity index (χ2v) is 6.50. The SMILES string of the molecule is Cc1cccc(OCc2cn(CCCn3ccc4ccccc43)nn2)c1. The van der Waals surface area contributed by atoms with Gasteiger partial charge in [-0.1, -0.05) is 35.5 Å². The maximum absolute atomic E-state index is 5.78. The molecule has 0 aliphatic rings. The summed E-state index contributed by atoms with van der Waals surface area (Å²) in [5.74, 6) is 0.860. The predicted octanol–water partition coefficient (Wildman–Crippen LogP) is 4.21. The van der Waals surface area contributed by atoms with Crippen molar-refractivity contribution in [3.63, 3.8) is 0 Å². The van der Waals surface area contributed by atoms with Crippen LogP contribution < -0.4 is 4.74 Å². The Morgan fingerprint density at radius 1 is 1.00 bits per heavy atom. The third kappa shape index (κ3) is 3.77. The summed E-state index contributed by atoms with van der Waals surface area (Å²) in [6, 6.07) is 18.6. The van der Waals surface area contributed by atoms with Gasteiger partial charge in [-0.2, -0.15) is 0 Å². The van der Waals surface area contributed by atoms with E-state index in [-0.39, 0.29) is 0 Å². The molecule has 0 amide bonds. The Hall–Kier alpha value is -3.08. The van der Waals surface area contributed by atoms with Gasteiger partial charge in [0.05, 0.1) is 6.20 Å². The highest BCUT2D eigenvalue weighted by molar-refractivity contribution is 5.79. The number of aromatic nitrogens is 4. The molecule has 0 bridgehead atoms. The minimum atomic E-state index is 0.436. The molecule has 5 heteroatoms. The molecule has 0 saturated heterocycles. The second-order valence-electron chi connectivity index (χ2n) is 6.50. The Bertz CT molecular complexity index is 1000. The van der Waals surface area contributed by atoms with Crippen molar-refractivity contribution < 1.29 is 4.74 Å². The Kier molecular flexibility index (Phi) is 4.69.